The summed E-state index contributed by atoms with van der Waals surface area (Å²) in [6.45, 7) is 5.84. The van der Waals surface area contributed by atoms with Crippen molar-refractivity contribution in [1.29, 1.82) is 0 Å². The standard InChI is InChI=1S/C13H18F2N2O/c1-2-17-6-7-18-10(9-17)8-16-13-11(14)4-3-5-12(13)15/h3-5,10,16H,2,6-9H2,1H3. The predicted octanol–water partition coefficient (Wildman–Crippen LogP) is 2.10. The predicted molar refractivity (Wildman–Crippen MR) is 66.7 cm³/mol. The Bertz CT molecular complexity index is 380. The minimum atomic E-state index is -0.571. The molecule has 0 spiro atoms. The van der Waals surface area contributed by atoms with Gasteiger partial charge in [0.05, 0.1) is 12.7 Å². The number of rotatable bonds is 4. The fraction of sp³-hybridized carbons (Fsp3) is 0.538. The highest BCUT2D eigenvalue weighted by Crippen LogP contribution is 2.18. The molecule has 100 valence electrons. The van der Waals surface area contributed by atoms with E-state index in [1.807, 2.05) is 0 Å². The monoisotopic (exact) mass is 256 g/mol. The molecule has 3 nitrogen and oxygen atoms in total. The van der Waals surface area contributed by atoms with Crippen molar-refractivity contribution >= 4 is 5.69 Å². The molecule has 18 heavy (non-hydrogen) atoms. The minimum Gasteiger partial charge on any atom is -0.378 e. The molecular formula is C13H18F2N2O. The van der Waals surface area contributed by atoms with Crippen molar-refractivity contribution in [3.05, 3.63) is 29.8 Å². The van der Waals surface area contributed by atoms with E-state index < -0.39 is 11.6 Å². The molecule has 2 rings (SSSR count). The molecule has 1 fully saturated rings. The Morgan fingerprint density at radius 2 is 2.11 bits per heavy atom. The topological polar surface area (TPSA) is 24.5 Å². The SMILES string of the molecule is CCN1CCOC(CNc2c(F)cccc2F)C1. The number of anilines is 1. The Kier molecular flexibility index (Phi) is 4.49. The lowest BCUT2D eigenvalue weighted by Gasteiger charge is -2.32. The molecule has 1 N–H and O–H groups in total. The van der Waals surface area contributed by atoms with Gasteiger partial charge >= 0.3 is 0 Å². The van der Waals surface area contributed by atoms with Crippen LogP contribution in [-0.2, 0) is 4.74 Å². The van der Waals surface area contributed by atoms with Crippen LogP contribution in [0.1, 0.15) is 6.92 Å². The van der Waals surface area contributed by atoms with E-state index in [0.717, 1.165) is 19.6 Å². The van der Waals surface area contributed by atoms with Crippen LogP contribution in [0.4, 0.5) is 14.5 Å². The summed E-state index contributed by atoms with van der Waals surface area (Å²) < 4.78 is 32.3. The van der Waals surface area contributed by atoms with Crippen LogP contribution in [0.25, 0.3) is 0 Å². The quantitative estimate of drug-likeness (QED) is 0.893. The molecule has 0 aliphatic carbocycles. The van der Waals surface area contributed by atoms with Gasteiger partial charge in [0.25, 0.3) is 0 Å². The summed E-state index contributed by atoms with van der Waals surface area (Å²) in [5.74, 6) is -1.14. The summed E-state index contributed by atoms with van der Waals surface area (Å²) in [6, 6.07) is 3.84. The van der Waals surface area contributed by atoms with E-state index in [0.29, 0.717) is 13.2 Å². The van der Waals surface area contributed by atoms with Crippen LogP contribution in [0.2, 0.25) is 0 Å². The second-order valence-corrected chi connectivity index (χ2v) is 4.36. The zero-order chi connectivity index (χ0) is 13.0. The number of hydrogen-bond donors (Lipinski definition) is 1. The van der Waals surface area contributed by atoms with Crippen LogP contribution in [-0.4, -0.2) is 43.8 Å². The first kappa shape index (κ1) is 13.2. The third-order valence-electron chi connectivity index (χ3n) is 3.14. The highest BCUT2D eigenvalue weighted by molar-refractivity contribution is 5.46. The Hall–Kier alpha value is -1.20. The number of nitrogens with one attached hydrogen (secondary N) is 1. The van der Waals surface area contributed by atoms with Crippen molar-refractivity contribution in [1.82, 2.24) is 4.90 Å². The van der Waals surface area contributed by atoms with E-state index in [9.17, 15) is 8.78 Å². The maximum absolute atomic E-state index is 13.4. The smallest absolute Gasteiger partial charge is 0.149 e. The molecule has 1 heterocycles. The van der Waals surface area contributed by atoms with Crippen LogP contribution in [0, 0.1) is 11.6 Å². The molecule has 0 aromatic heterocycles. The van der Waals surface area contributed by atoms with Gasteiger partial charge in [-0.3, -0.25) is 4.90 Å². The van der Waals surface area contributed by atoms with Gasteiger partial charge in [-0.15, -0.1) is 0 Å². The lowest BCUT2D eigenvalue weighted by molar-refractivity contribution is -0.0192. The largest absolute Gasteiger partial charge is 0.378 e. The molecule has 1 aliphatic heterocycles. The second-order valence-electron chi connectivity index (χ2n) is 4.36. The van der Waals surface area contributed by atoms with E-state index in [1.54, 1.807) is 0 Å². The summed E-state index contributed by atoms with van der Waals surface area (Å²) in [5, 5.41) is 2.79. The van der Waals surface area contributed by atoms with Crippen LogP contribution >= 0.6 is 0 Å². The molecule has 1 aromatic rings. The van der Waals surface area contributed by atoms with Gasteiger partial charge in [-0.25, -0.2) is 8.78 Å². The number of benzene rings is 1. The van der Waals surface area contributed by atoms with Crippen molar-refractivity contribution in [3.63, 3.8) is 0 Å². The first-order valence-electron chi connectivity index (χ1n) is 6.22. The zero-order valence-corrected chi connectivity index (χ0v) is 10.5. The molecule has 0 radical (unpaired) electrons. The van der Waals surface area contributed by atoms with Gasteiger partial charge in [-0.05, 0) is 18.7 Å². The Morgan fingerprint density at radius 3 is 2.78 bits per heavy atom. The molecule has 1 unspecified atom stereocenters. The number of ether oxygens (including phenoxy) is 1. The number of para-hydroxylation sites is 1. The molecule has 1 aliphatic rings. The fourth-order valence-corrected chi connectivity index (χ4v) is 2.07. The third kappa shape index (κ3) is 3.17. The van der Waals surface area contributed by atoms with E-state index in [4.69, 9.17) is 4.74 Å². The summed E-state index contributed by atoms with van der Waals surface area (Å²) >= 11 is 0. The Morgan fingerprint density at radius 1 is 1.39 bits per heavy atom. The Balaban J connectivity index is 1.91. The average Bonchev–Trinajstić information content (AvgIpc) is 2.38. The molecule has 0 saturated carbocycles. The number of hydrogen-bond acceptors (Lipinski definition) is 3. The molecule has 1 saturated heterocycles. The summed E-state index contributed by atoms with van der Waals surface area (Å²) in [4.78, 5) is 2.26. The zero-order valence-electron chi connectivity index (χ0n) is 10.5. The lowest BCUT2D eigenvalue weighted by atomic mass is 10.2. The van der Waals surface area contributed by atoms with E-state index in [2.05, 4.69) is 17.1 Å². The van der Waals surface area contributed by atoms with Gasteiger partial charge in [-0.1, -0.05) is 13.0 Å². The van der Waals surface area contributed by atoms with Crippen molar-refractivity contribution < 1.29 is 13.5 Å². The maximum atomic E-state index is 13.4. The average molecular weight is 256 g/mol. The van der Waals surface area contributed by atoms with Crippen LogP contribution in [0.5, 0.6) is 0 Å². The van der Waals surface area contributed by atoms with Gasteiger partial charge in [0, 0.05) is 19.6 Å². The highest BCUT2D eigenvalue weighted by Gasteiger charge is 2.19. The van der Waals surface area contributed by atoms with Gasteiger partial charge in [0.2, 0.25) is 0 Å². The molecule has 0 amide bonds. The Labute approximate surface area is 106 Å². The normalized spacial score (nSPS) is 20.9. The first-order valence-corrected chi connectivity index (χ1v) is 6.22. The van der Waals surface area contributed by atoms with Gasteiger partial charge in [0.15, 0.2) is 0 Å². The summed E-state index contributed by atoms with van der Waals surface area (Å²) in [7, 11) is 0. The number of likely N-dealkylation sites (N-methyl/N-ethyl adjacent to an activating group) is 1. The molecular weight excluding hydrogens is 238 g/mol. The van der Waals surface area contributed by atoms with Crippen LogP contribution in [0.3, 0.4) is 0 Å². The number of morpholine rings is 1. The van der Waals surface area contributed by atoms with E-state index in [1.165, 1.54) is 18.2 Å². The van der Waals surface area contributed by atoms with Gasteiger partial charge in [-0.2, -0.15) is 0 Å². The molecule has 1 aromatic carbocycles. The number of halogens is 2. The van der Waals surface area contributed by atoms with Crippen molar-refractivity contribution in [2.24, 2.45) is 0 Å². The third-order valence-corrected chi connectivity index (χ3v) is 3.14. The first-order chi connectivity index (χ1) is 8.70. The van der Waals surface area contributed by atoms with Crippen LogP contribution < -0.4 is 5.32 Å². The lowest BCUT2D eigenvalue weighted by Crippen LogP contribution is -2.45. The van der Waals surface area contributed by atoms with E-state index >= 15 is 0 Å². The fourth-order valence-electron chi connectivity index (χ4n) is 2.07. The van der Waals surface area contributed by atoms with Gasteiger partial charge < -0.3 is 10.1 Å². The summed E-state index contributed by atoms with van der Waals surface area (Å²) in [5.41, 5.74) is -0.0743. The minimum absolute atomic E-state index is 0.0299. The molecule has 5 heteroatoms. The number of nitrogens with zero attached hydrogens (tertiary/aromatic N) is 1. The highest BCUT2D eigenvalue weighted by atomic mass is 19.1. The molecule has 1 atom stereocenters. The van der Waals surface area contributed by atoms with E-state index in [-0.39, 0.29) is 11.8 Å². The maximum Gasteiger partial charge on any atom is 0.149 e. The van der Waals surface area contributed by atoms with Crippen LogP contribution in [0.15, 0.2) is 18.2 Å². The van der Waals surface area contributed by atoms with Crippen molar-refractivity contribution in [3.8, 4) is 0 Å². The second kappa shape index (κ2) is 6.11. The summed E-state index contributed by atoms with van der Waals surface area (Å²) in [6.07, 6.45) is -0.0299. The van der Waals surface area contributed by atoms with Crippen molar-refractivity contribution in [2.45, 2.75) is 13.0 Å². The van der Waals surface area contributed by atoms with Crippen molar-refractivity contribution in [2.75, 3.05) is 38.1 Å². The molecule has 0 bridgehead atoms. The van der Waals surface area contributed by atoms with Gasteiger partial charge in [0.1, 0.15) is 17.3 Å².